The van der Waals surface area contributed by atoms with Gasteiger partial charge in [-0.15, -0.1) is 0 Å². The van der Waals surface area contributed by atoms with Gasteiger partial charge in [-0.05, 0) is 56.7 Å². The smallest absolute Gasteiger partial charge is 0.336 e. The first-order valence-electron chi connectivity index (χ1n) is 10.2. The van der Waals surface area contributed by atoms with Gasteiger partial charge in [0.2, 0.25) is 0 Å². The number of carboxylic acids is 1. The molecule has 1 N–H and O–H groups in total. The first-order chi connectivity index (χ1) is 14.2. The molecule has 0 amide bonds. The van der Waals surface area contributed by atoms with Crippen molar-refractivity contribution in [3.63, 3.8) is 0 Å². The van der Waals surface area contributed by atoms with Crippen LogP contribution >= 0.6 is 0 Å². The summed E-state index contributed by atoms with van der Waals surface area (Å²) < 4.78 is 15.5. The number of benzene rings is 1. The van der Waals surface area contributed by atoms with Gasteiger partial charge < -0.3 is 14.6 Å². The Morgan fingerprint density at radius 3 is 2.38 bits per heavy atom. The van der Waals surface area contributed by atoms with E-state index in [-0.39, 0.29) is 18.0 Å². The number of aromatic nitrogens is 4. The van der Waals surface area contributed by atoms with E-state index < -0.39 is 5.97 Å². The van der Waals surface area contributed by atoms with Crippen LogP contribution in [0.15, 0.2) is 30.6 Å². The van der Waals surface area contributed by atoms with E-state index in [4.69, 9.17) is 9.47 Å². The molecule has 8 heteroatoms. The average molecular weight is 396 g/mol. The second kappa shape index (κ2) is 7.61. The Morgan fingerprint density at radius 1 is 1.00 bits per heavy atom. The molecule has 0 radical (unpaired) electrons. The third-order valence-corrected chi connectivity index (χ3v) is 5.77. The summed E-state index contributed by atoms with van der Waals surface area (Å²) in [6.45, 7) is 1.42. The summed E-state index contributed by atoms with van der Waals surface area (Å²) in [6.07, 6.45) is 9.12. The van der Waals surface area contributed by atoms with Gasteiger partial charge >= 0.3 is 5.97 Å². The minimum atomic E-state index is -0.971. The quantitative estimate of drug-likeness (QED) is 0.717. The molecule has 0 saturated carbocycles. The number of hydrogen-bond donors (Lipinski definition) is 1. The number of aromatic carboxylic acids is 1. The Bertz CT molecular complexity index is 1030. The van der Waals surface area contributed by atoms with Crippen molar-refractivity contribution in [1.82, 2.24) is 19.6 Å². The molecule has 0 aliphatic carbocycles. The summed E-state index contributed by atoms with van der Waals surface area (Å²) in [4.78, 5) is 12.0. The predicted molar refractivity (Wildman–Crippen MR) is 106 cm³/mol. The van der Waals surface area contributed by atoms with Gasteiger partial charge in [0.1, 0.15) is 0 Å². The highest BCUT2D eigenvalue weighted by Crippen LogP contribution is 2.34. The molecule has 2 unspecified atom stereocenters. The Labute approximate surface area is 168 Å². The molecule has 8 nitrogen and oxygen atoms in total. The minimum absolute atomic E-state index is 0.121. The minimum Gasteiger partial charge on any atom is -0.478 e. The number of carbonyl (C=O) groups is 1. The molecule has 3 aromatic rings. The van der Waals surface area contributed by atoms with Crippen molar-refractivity contribution in [3.8, 4) is 11.3 Å². The van der Waals surface area contributed by atoms with Gasteiger partial charge in [0, 0.05) is 30.4 Å². The predicted octanol–water partition coefficient (Wildman–Crippen LogP) is 4.00. The first-order valence-corrected chi connectivity index (χ1v) is 10.2. The van der Waals surface area contributed by atoms with Crippen molar-refractivity contribution >= 4 is 16.9 Å². The lowest BCUT2D eigenvalue weighted by Crippen LogP contribution is -2.20. The van der Waals surface area contributed by atoms with Crippen LogP contribution in [0.1, 0.15) is 61.3 Å². The molecule has 152 valence electrons. The monoisotopic (exact) mass is 396 g/mol. The van der Waals surface area contributed by atoms with E-state index in [9.17, 15) is 9.90 Å². The summed E-state index contributed by atoms with van der Waals surface area (Å²) in [7, 11) is 0. The maximum Gasteiger partial charge on any atom is 0.336 e. The molecule has 0 spiro atoms. The molecule has 2 aromatic heterocycles. The lowest BCUT2D eigenvalue weighted by Gasteiger charge is -2.25. The van der Waals surface area contributed by atoms with Crippen molar-refractivity contribution in [2.45, 2.75) is 51.0 Å². The number of carboxylic acid groups (broad SMARTS) is 1. The zero-order valence-corrected chi connectivity index (χ0v) is 16.2. The zero-order chi connectivity index (χ0) is 19.8. The third-order valence-electron chi connectivity index (χ3n) is 5.77. The number of fused-ring (bicyclic) bond motifs is 1. The van der Waals surface area contributed by atoms with Gasteiger partial charge in [-0.25, -0.2) is 14.2 Å². The molecule has 5 rings (SSSR count). The molecule has 0 bridgehead atoms. The van der Waals surface area contributed by atoms with Crippen molar-refractivity contribution in [3.05, 3.63) is 36.2 Å². The van der Waals surface area contributed by atoms with Gasteiger partial charge in [0.05, 0.1) is 23.0 Å². The van der Waals surface area contributed by atoms with Crippen molar-refractivity contribution in [2.75, 3.05) is 13.2 Å². The van der Waals surface area contributed by atoms with Gasteiger partial charge in [0.15, 0.2) is 12.5 Å². The van der Waals surface area contributed by atoms with E-state index >= 15 is 0 Å². The topological polar surface area (TPSA) is 91.4 Å². The van der Waals surface area contributed by atoms with Crippen LogP contribution in [0.4, 0.5) is 0 Å². The van der Waals surface area contributed by atoms with Gasteiger partial charge in [-0.3, -0.25) is 0 Å². The van der Waals surface area contributed by atoms with E-state index in [0.29, 0.717) is 12.0 Å². The van der Waals surface area contributed by atoms with E-state index in [1.165, 1.54) is 0 Å². The Kier molecular flexibility index (Phi) is 4.81. The number of rotatable bonds is 4. The molecule has 1 aromatic carbocycles. The lowest BCUT2D eigenvalue weighted by atomic mass is 10.0. The van der Waals surface area contributed by atoms with Crippen molar-refractivity contribution < 1.29 is 19.4 Å². The summed E-state index contributed by atoms with van der Waals surface area (Å²) in [5.41, 5.74) is 2.64. The molecular formula is C21H24N4O4. The molecule has 2 fully saturated rings. The highest BCUT2D eigenvalue weighted by molar-refractivity contribution is 6.04. The second-order valence-corrected chi connectivity index (χ2v) is 7.65. The number of ether oxygens (including phenoxy) is 2. The van der Waals surface area contributed by atoms with Crippen LogP contribution in [0.3, 0.4) is 0 Å². The fourth-order valence-electron chi connectivity index (χ4n) is 4.31. The summed E-state index contributed by atoms with van der Waals surface area (Å²) in [6, 6.07) is 5.60. The van der Waals surface area contributed by atoms with Crippen LogP contribution in [-0.4, -0.2) is 43.9 Å². The van der Waals surface area contributed by atoms with E-state index in [0.717, 1.165) is 61.9 Å². The maximum atomic E-state index is 12.0. The highest BCUT2D eigenvalue weighted by Gasteiger charge is 2.24. The number of hydrogen-bond acceptors (Lipinski definition) is 5. The second-order valence-electron chi connectivity index (χ2n) is 7.65. The Balaban J connectivity index is 1.63. The molecule has 4 heterocycles. The van der Waals surface area contributed by atoms with Crippen LogP contribution in [0.5, 0.6) is 0 Å². The Hall–Kier alpha value is -2.71. The fourth-order valence-corrected chi connectivity index (χ4v) is 4.31. The van der Waals surface area contributed by atoms with Gasteiger partial charge in [0.25, 0.3) is 0 Å². The highest BCUT2D eigenvalue weighted by atomic mass is 16.5. The summed E-state index contributed by atoms with van der Waals surface area (Å²) in [5, 5.41) is 19.4. The fraction of sp³-hybridized carbons (Fsp3) is 0.476. The molecule has 2 aliphatic heterocycles. The zero-order valence-electron chi connectivity index (χ0n) is 16.2. The molecular weight excluding hydrogens is 372 g/mol. The van der Waals surface area contributed by atoms with E-state index in [2.05, 4.69) is 10.2 Å². The molecule has 2 aliphatic rings. The van der Waals surface area contributed by atoms with E-state index in [1.54, 1.807) is 18.5 Å². The summed E-state index contributed by atoms with van der Waals surface area (Å²) in [5.74, 6) is -0.971. The maximum absolute atomic E-state index is 12.0. The van der Waals surface area contributed by atoms with Gasteiger partial charge in [-0.2, -0.15) is 10.2 Å². The van der Waals surface area contributed by atoms with Crippen LogP contribution in [0.25, 0.3) is 22.2 Å². The third kappa shape index (κ3) is 3.32. The average Bonchev–Trinajstić information content (AvgIpc) is 3.41. The van der Waals surface area contributed by atoms with E-state index in [1.807, 2.05) is 21.5 Å². The molecule has 2 saturated heterocycles. The first kappa shape index (κ1) is 18.3. The van der Waals surface area contributed by atoms with Crippen LogP contribution in [0, 0.1) is 0 Å². The summed E-state index contributed by atoms with van der Waals surface area (Å²) >= 11 is 0. The van der Waals surface area contributed by atoms with Crippen LogP contribution < -0.4 is 0 Å². The lowest BCUT2D eigenvalue weighted by molar-refractivity contribution is -0.0384. The Morgan fingerprint density at radius 2 is 1.72 bits per heavy atom. The molecule has 2 atom stereocenters. The normalized spacial score (nSPS) is 22.8. The van der Waals surface area contributed by atoms with Gasteiger partial charge in [-0.1, -0.05) is 0 Å². The largest absolute Gasteiger partial charge is 0.478 e. The van der Waals surface area contributed by atoms with Crippen LogP contribution in [-0.2, 0) is 9.47 Å². The number of nitrogens with zero attached hydrogens (tertiary/aromatic N) is 4. The standard InChI is InChI=1S/C21H24N4O4/c26-21(27)15-11-14(17-7-8-22-24(17)19-5-1-3-9-28-19)12-18-16(15)13-23-25(18)20-6-2-4-10-29-20/h7-8,11-13,19-20H,1-6,9-10H2,(H,26,27). The SMILES string of the molecule is O=C(O)c1cc(-c2ccnn2C2CCCCO2)cc2c1cnn2C1CCCCO1. The van der Waals surface area contributed by atoms with Crippen molar-refractivity contribution in [1.29, 1.82) is 0 Å². The molecule has 29 heavy (non-hydrogen) atoms. The van der Waals surface area contributed by atoms with Crippen molar-refractivity contribution in [2.24, 2.45) is 0 Å². The van der Waals surface area contributed by atoms with Crippen LogP contribution in [0.2, 0.25) is 0 Å².